The van der Waals surface area contributed by atoms with Crippen molar-refractivity contribution in [2.75, 3.05) is 0 Å². The average molecular weight is 359 g/mol. The number of hydrogen-bond donors (Lipinski definition) is 2. The van der Waals surface area contributed by atoms with Gasteiger partial charge in [0.2, 0.25) is 0 Å². The quantitative estimate of drug-likeness (QED) is 0.384. The molecule has 0 aliphatic carbocycles. The van der Waals surface area contributed by atoms with Crippen LogP contribution in [0.25, 0.3) is 0 Å². The maximum absolute atomic E-state index is 11.8. The van der Waals surface area contributed by atoms with Crippen LogP contribution < -0.4 is 40.0 Å². The summed E-state index contributed by atoms with van der Waals surface area (Å²) >= 11 is 0. The van der Waals surface area contributed by atoms with Crippen molar-refractivity contribution in [1.82, 2.24) is 5.32 Å². The van der Waals surface area contributed by atoms with Crippen molar-refractivity contribution >= 4 is 17.8 Å². The number of aliphatic carboxylic acids is 1. The number of rotatable bonds is 8. The van der Waals surface area contributed by atoms with Gasteiger partial charge in [0.05, 0.1) is 18.1 Å². The van der Waals surface area contributed by atoms with Crippen molar-refractivity contribution in [3.8, 4) is 0 Å². The third kappa shape index (κ3) is 7.56. The van der Waals surface area contributed by atoms with Gasteiger partial charge in [0, 0.05) is 0 Å². The van der Waals surface area contributed by atoms with Gasteiger partial charge in [-0.15, -0.1) is 0 Å². The van der Waals surface area contributed by atoms with Crippen LogP contribution >= 0.6 is 0 Å². The Morgan fingerprint density at radius 1 is 1.16 bits per heavy atom. The Hall–Kier alpha value is -1.41. The molecule has 1 aromatic carbocycles. The number of aliphatic hydroxyl groups is 1. The number of carboxylic acid groups (broad SMARTS) is 1. The minimum Gasteiger partial charge on any atom is -0.542 e. The standard InChI is InChI=1S/C17H23NO6.Na/c1-10(2)13(15(20)16(21)22)14(19)11(3)18-17(23)24-9-12-7-5-4-6-8-12;/h4-8,10-11,13-14,19H,9H2,1-3H3,(H,18,23)(H,21,22);/q;+1/p-1/t11-,13?,14?;/m1./s1. The van der Waals surface area contributed by atoms with Gasteiger partial charge in [-0.2, -0.15) is 0 Å². The summed E-state index contributed by atoms with van der Waals surface area (Å²) in [5, 5.41) is 23.4. The predicted octanol–water partition coefficient (Wildman–Crippen LogP) is -2.74. The SMILES string of the molecule is CC(C)C(C(=O)C(=O)[O-])C(O)[C@@H](C)NC(=O)OCc1ccccc1.[Na+]. The van der Waals surface area contributed by atoms with Crippen LogP contribution in [0.1, 0.15) is 26.3 Å². The van der Waals surface area contributed by atoms with Crippen LogP contribution in [-0.2, 0) is 20.9 Å². The van der Waals surface area contributed by atoms with Gasteiger partial charge < -0.3 is 25.1 Å². The molecule has 0 aromatic heterocycles. The van der Waals surface area contributed by atoms with Gasteiger partial charge in [0.25, 0.3) is 0 Å². The number of aliphatic hydroxyl groups excluding tert-OH is 1. The fourth-order valence-electron chi connectivity index (χ4n) is 2.34. The summed E-state index contributed by atoms with van der Waals surface area (Å²) in [5.41, 5.74) is 0.799. The van der Waals surface area contributed by atoms with E-state index in [1.807, 2.05) is 18.2 Å². The van der Waals surface area contributed by atoms with Crippen LogP contribution in [0.15, 0.2) is 30.3 Å². The molecule has 1 aromatic rings. The van der Waals surface area contributed by atoms with Crippen molar-refractivity contribution in [3.05, 3.63) is 35.9 Å². The van der Waals surface area contributed by atoms with Gasteiger partial charge in [-0.05, 0) is 18.4 Å². The molecule has 0 radical (unpaired) electrons. The topological polar surface area (TPSA) is 116 Å². The van der Waals surface area contributed by atoms with Crippen molar-refractivity contribution in [3.63, 3.8) is 0 Å². The number of carbonyl (C=O) groups excluding carboxylic acids is 3. The number of hydrogen-bond acceptors (Lipinski definition) is 6. The maximum atomic E-state index is 11.8. The second-order valence-corrected chi connectivity index (χ2v) is 5.91. The second kappa shape index (κ2) is 11.3. The second-order valence-electron chi connectivity index (χ2n) is 5.91. The number of ether oxygens (including phenoxy) is 1. The summed E-state index contributed by atoms with van der Waals surface area (Å²) in [7, 11) is 0. The zero-order valence-corrected chi connectivity index (χ0v) is 16.9. The molecule has 2 N–H and O–H groups in total. The zero-order valence-electron chi connectivity index (χ0n) is 14.9. The van der Waals surface area contributed by atoms with E-state index in [2.05, 4.69) is 5.32 Å². The van der Waals surface area contributed by atoms with Crippen molar-refractivity contribution < 1.29 is 58.9 Å². The van der Waals surface area contributed by atoms with E-state index in [4.69, 9.17) is 4.74 Å². The fourth-order valence-corrected chi connectivity index (χ4v) is 2.34. The van der Waals surface area contributed by atoms with Gasteiger partial charge in [-0.25, -0.2) is 4.79 Å². The van der Waals surface area contributed by atoms with Crippen LogP contribution in [0.5, 0.6) is 0 Å². The molecule has 0 fully saturated rings. The molecule has 0 aliphatic heterocycles. The molecular weight excluding hydrogens is 337 g/mol. The molecule has 0 saturated heterocycles. The van der Waals surface area contributed by atoms with Gasteiger partial charge in [0.15, 0.2) is 5.78 Å². The minimum absolute atomic E-state index is 0. The molecule has 25 heavy (non-hydrogen) atoms. The van der Waals surface area contributed by atoms with E-state index in [9.17, 15) is 24.6 Å². The number of Topliss-reactive ketones (excluding diaryl/α,β-unsaturated/α-hetero) is 1. The van der Waals surface area contributed by atoms with Gasteiger partial charge in [-0.3, -0.25) is 4.79 Å². The Balaban J connectivity index is 0.00000576. The van der Waals surface area contributed by atoms with E-state index in [1.54, 1.807) is 26.0 Å². The molecule has 1 amide bonds. The van der Waals surface area contributed by atoms with E-state index in [-0.39, 0.29) is 36.2 Å². The van der Waals surface area contributed by atoms with Crippen LogP contribution in [-0.4, -0.2) is 35.1 Å². The first-order valence-corrected chi connectivity index (χ1v) is 7.64. The molecule has 132 valence electrons. The van der Waals surface area contributed by atoms with E-state index in [1.165, 1.54) is 6.92 Å². The van der Waals surface area contributed by atoms with Crippen LogP contribution in [0.4, 0.5) is 4.79 Å². The van der Waals surface area contributed by atoms with E-state index in [0.717, 1.165) is 5.56 Å². The maximum Gasteiger partial charge on any atom is 1.00 e. The molecule has 0 saturated carbocycles. The first kappa shape index (κ1) is 23.6. The molecule has 0 bridgehead atoms. The number of alkyl carbamates (subject to hydrolysis) is 1. The van der Waals surface area contributed by atoms with Gasteiger partial charge in [0.1, 0.15) is 12.6 Å². The summed E-state index contributed by atoms with van der Waals surface area (Å²) in [6.45, 7) is 4.73. The van der Waals surface area contributed by atoms with Gasteiger partial charge >= 0.3 is 35.7 Å². The molecule has 1 rings (SSSR count). The summed E-state index contributed by atoms with van der Waals surface area (Å²) in [6, 6.07) is 8.16. The fraction of sp³-hybridized carbons (Fsp3) is 0.471. The first-order chi connectivity index (χ1) is 11.2. The molecule has 0 spiro atoms. The molecule has 0 heterocycles. The summed E-state index contributed by atoms with van der Waals surface area (Å²) < 4.78 is 5.02. The molecule has 7 nitrogen and oxygen atoms in total. The van der Waals surface area contributed by atoms with Crippen LogP contribution in [0, 0.1) is 11.8 Å². The monoisotopic (exact) mass is 359 g/mol. The zero-order chi connectivity index (χ0) is 18.3. The van der Waals surface area contributed by atoms with Crippen molar-refractivity contribution in [1.29, 1.82) is 0 Å². The Morgan fingerprint density at radius 3 is 2.20 bits per heavy atom. The van der Waals surface area contributed by atoms with Gasteiger partial charge in [-0.1, -0.05) is 44.2 Å². The molecular formula is C17H22NNaO6. The number of carboxylic acids is 1. The van der Waals surface area contributed by atoms with Crippen LogP contribution in [0.3, 0.4) is 0 Å². The summed E-state index contributed by atoms with van der Waals surface area (Å²) in [4.78, 5) is 34.2. The Morgan fingerprint density at radius 2 is 1.72 bits per heavy atom. The largest absolute Gasteiger partial charge is 1.00 e. The van der Waals surface area contributed by atoms with Crippen molar-refractivity contribution in [2.24, 2.45) is 11.8 Å². The number of nitrogens with one attached hydrogen (secondary N) is 1. The van der Waals surface area contributed by atoms with Crippen LogP contribution in [0.2, 0.25) is 0 Å². The third-order valence-electron chi connectivity index (χ3n) is 3.66. The molecule has 3 atom stereocenters. The smallest absolute Gasteiger partial charge is 0.542 e. The van der Waals surface area contributed by atoms with E-state index >= 15 is 0 Å². The number of carbonyl (C=O) groups is 3. The summed E-state index contributed by atoms with van der Waals surface area (Å²) in [5.74, 6) is -4.66. The molecule has 0 aliphatic rings. The van der Waals surface area contributed by atoms with Crippen molar-refractivity contribution in [2.45, 2.75) is 39.5 Å². The molecule has 8 heteroatoms. The normalized spacial score (nSPS) is 14.0. The summed E-state index contributed by atoms with van der Waals surface area (Å²) in [6.07, 6.45) is -2.14. The first-order valence-electron chi connectivity index (χ1n) is 7.64. The Kier molecular flexibility index (Phi) is 10.6. The van der Waals surface area contributed by atoms with E-state index < -0.39 is 41.8 Å². The van der Waals surface area contributed by atoms with E-state index in [0.29, 0.717) is 0 Å². The predicted molar refractivity (Wildman–Crippen MR) is 83.6 cm³/mol. The average Bonchev–Trinajstić information content (AvgIpc) is 2.53. The minimum atomic E-state index is -1.85. The Labute approximate surface area is 169 Å². The number of amides is 1. The number of benzene rings is 1. The third-order valence-corrected chi connectivity index (χ3v) is 3.66. The Bertz CT molecular complexity index is 578. The molecule has 2 unspecified atom stereocenters. The number of ketones is 1.